The Morgan fingerprint density at radius 2 is 1.49 bits per heavy atom. The average molecular weight is 599 g/mol. The van der Waals surface area contributed by atoms with E-state index in [9.17, 15) is 8.78 Å². The molecule has 2 N–H and O–H groups in total. The highest BCUT2D eigenvalue weighted by Crippen LogP contribution is 2.35. The maximum atomic E-state index is 14.6. The van der Waals surface area contributed by atoms with Crippen LogP contribution in [-0.4, -0.2) is 80.5 Å². The molecular weight excluding hydrogens is 558 g/mol. The molecule has 12 heteroatoms. The number of nitrogens with zero attached hydrogens (tertiary/aromatic N) is 4. The van der Waals surface area contributed by atoms with Crippen molar-refractivity contribution in [1.82, 2.24) is 20.2 Å². The van der Waals surface area contributed by atoms with Crippen LogP contribution in [-0.2, 0) is 6.61 Å². The number of hydrogen-bond acceptors (Lipinski definition) is 10. The number of piperidine rings is 1. The molecule has 0 unspecified atom stereocenters. The third-order valence-corrected chi connectivity index (χ3v) is 8.02. The first-order valence-corrected chi connectivity index (χ1v) is 14.5. The highest BCUT2D eigenvalue weighted by molar-refractivity contribution is 5.67. The molecule has 0 radical (unpaired) electrons. The second kappa shape index (κ2) is 13.6. The zero-order valence-electron chi connectivity index (χ0n) is 25.3. The van der Waals surface area contributed by atoms with Crippen molar-refractivity contribution >= 4 is 17.3 Å². The van der Waals surface area contributed by atoms with Crippen LogP contribution in [0.25, 0.3) is 0 Å². The van der Waals surface area contributed by atoms with Crippen LogP contribution in [0.15, 0.2) is 36.7 Å². The first-order chi connectivity index (χ1) is 20.8. The summed E-state index contributed by atoms with van der Waals surface area (Å²) in [6, 6.07) is 8.75. The van der Waals surface area contributed by atoms with Crippen LogP contribution in [0.3, 0.4) is 0 Å². The zero-order chi connectivity index (χ0) is 30.5. The molecule has 43 heavy (non-hydrogen) atoms. The lowest BCUT2D eigenvalue weighted by Gasteiger charge is -2.44. The van der Waals surface area contributed by atoms with E-state index in [1.165, 1.54) is 26.6 Å². The number of rotatable bonds is 10. The fourth-order valence-corrected chi connectivity index (χ4v) is 5.96. The maximum Gasteiger partial charge on any atom is 0.227 e. The second-order valence-corrected chi connectivity index (χ2v) is 11.1. The number of hydrogen-bond donors (Lipinski definition) is 2. The molecule has 0 spiro atoms. The number of benzene rings is 2. The summed E-state index contributed by atoms with van der Waals surface area (Å²) < 4.78 is 50.5. The smallest absolute Gasteiger partial charge is 0.227 e. The normalized spacial score (nSPS) is 19.7. The van der Waals surface area contributed by atoms with Crippen molar-refractivity contribution in [3.63, 3.8) is 0 Å². The van der Waals surface area contributed by atoms with Crippen molar-refractivity contribution in [2.24, 2.45) is 0 Å². The summed E-state index contributed by atoms with van der Waals surface area (Å²) in [5.74, 6) is -0.645. The summed E-state index contributed by atoms with van der Waals surface area (Å²) in [6.45, 7) is 8.27. The van der Waals surface area contributed by atoms with Gasteiger partial charge in [0.2, 0.25) is 5.95 Å². The number of ether oxygens (including phenoxy) is 4. The molecule has 0 saturated carbocycles. The van der Waals surface area contributed by atoms with E-state index in [0.29, 0.717) is 24.1 Å². The van der Waals surface area contributed by atoms with Crippen LogP contribution in [0.4, 0.5) is 26.1 Å². The molecule has 232 valence electrons. The quantitative estimate of drug-likeness (QED) is 0.341. The SMILES string of the molecule is COc1cc(Nc2ncc(OCc3c(F)c(OC)cc(OC)c3F)cn2)ccc1N1CCC(N2C[C@@H](C)N[C@@H](C)C2)CC1. The lowest BCUT2D eigenvalue weighted by molar-refractivity contribution is 0.107. The fraction of sp³-hybridized carbons (Fsp3) is 0.484. The van der Waals surface area contributed by atoms with Crippen LogP contribution in [0.5, 0.6) is 23.0 Å². The lowest BCUT2D eigenvalue weighted by atomic mass is 9.99. The molecule has 2 fully saturated rings. The zero-order valence-corrected chi connectivity index (χ0v) is 25.3. The third kappa shape index (κ3) is 7.02. The van der Waals surface area contributed by atoms with Gasteiger partial charge < -0.3 is 34.5 Å². The first kappa shape index (κ1) is 30.6. The lowest BCUT2D eigenvalue weighted by Crippen LogP contribution is -2.58. The Balaban J connectivity index is 1.18. The summed E-state index contributed by atoms with van der Waals surface area (Å²) >= 11 is 0. The number of piperazine rings is 1. The minimum Gasteiger partial charge on any atom is -0.495 e. The Morgan fingerprint density at radius 3 is 2.07 bits per heavy atom. The number of halogens is 2. The van der Waals surface area contributed by atoms with E-state index in [-0.39, 0.29) is 22.8 Å². The van der Waals surface area contributed by atoms with E-state index in [2.05, 4.69) is 50.3 Å². The van der Waals surface area contributed by atoms with Crippen LogP contribution in [0.2, 0.25) is 0 Å². The van der Waals surface area contributed by atoms with Gasteiger partial charge in [-0.25, -0.2) is 18.7 Å². The van der Waals surface area contributed by atoms with Crippen molar-refractivity contribution in [2.75, 3.05) is 57.7 Å². The molecule has 0 aliphatic carbocycles. The second-order valence-electron chi connectivity index (χ2n) is 11.1. The van der Waals surface area contributed by atoms with Gasteiger partial charge in [0.1, 0.15) is 12.4 Å². The van der Waals surface area contributed by atoms with Crippen molar-refractivity contribution < 1.29 is 27.7 Å². The topological polar surface area (TPSA) is 93.2 Å². The Morgan fingerprint density at radius 1 is 0.884 bits per heavy atom. The predicted octanol–water partition coefficient (Wildman–Crippen LogP) is 4.75. The minimum absolute atomic E-state index is 0.141. The van der Waals surface area contributed by atoms with E-state index in [1.807, 2.05) is 12.1 Å². The number of aromatic nitrogens is 2. The molecule has 2 aromatic carbocycles. The van der Waals surface area contributed by atoms with Gasteiger partial charge in [-0.1, -0.05) is 0 Å². The number of methoxy groups -OCH3 is 3. The maximum absolute atomic E-state index is 14.6. The third-order valence-electron chi connectivity index (χ3n) is 8.02. The minimum atomic E-state index is -0.856. The van der Waals surface area contributed by atoms with Gasteiger partial charge in [-0.05, 0) is 38.8 Å². The molecule has 1 aromatic heterocycles. The van der Waals surface area contributed by atoms with Crippen molar-refractivity contribution in [3.05, 3.63) is 53.9 Å². The summed E-state index contributed by atoms with van der Waals surface area (Å²) in [7, 11) is 4.26. The molecule has 0 amide bonds. The molecule has 3 heterocycles. The van der Waals surface area contributed by atoms with Gasteiger partial charge in [-0.15, -0.1) is 0 Å². The largest absolute Gasteiger partial charge is 0.495 e. The molecule has 10 nitrogen and oxygen atoms in total. The average Bonchev–Trinajstić information content (AvgIpc) is 3.01. The molecule has 2 aliphatic heterocycles. The van der Waals surface area contributed by atoms with Crippen LogP contribution in [0, 0.1) is 11.6 Å². The van der Waals surface area contributed by atoms with E-state index < -0.39 is 18.2 Å². The van der Waals surface area contributed by atoms with Gasteiger partial charge >= 0.3 is 0 Å². The standard InChI is InChI=1S/C31H40F2N6O4/c1-19-16-39(17-20(2)36-19)22-8-10-38(11-9-22)25-7-6-21(12-26(25)40-3)37-31-34-14-23(15-35-31)43-18-24-29(32)27(41-4)13-28(42-5)30(24)33/h6-7,12-15,19-20,22,36H,8-11,16-18H2,1-5H3,(H,34,35,37)/t19-,20+. The van der Waals surface area contributed by atoms with Gasteiger partial charge in [-0.3, -0.25) is 4.90 Å². The number of anilines is 3. The van der Waals surface area contributed by atoms with Gasteiger partial charge in [0, 0.05) is 62.1 Å². The van der Waals surface area contributed by atoms with Crippen LogP contribution >= 0.6 is 0 Å². The molecule has 2 saturated heterocycles. The summed E-state index contributed by atoms with van der Waals surface area (Å²) in [4.78, 5) is 13.6. The Bertz CT molecular complexity index is 1350. The van der Waals surface area contributed by atoms with E-state index >= 15 is 0 Å². The molecule has 2 atom stereocenters. The molecule has 5 rings (SSSR count). The first-order valence-electron chi connectivity index (χ1n) is 14.5. The monoisotopic (exact) mass is 598 g/mol. The molecule has 0 bridgehead atoms. The van der Waals surface area contributed by atoms with E-state index in [0.717, 1.165) is 62.2 Å². The molecule has 3 aromatic rings. The van der Waals surface area contributed by atoms with Crippen LogP contribution < -0.4 is 34.5 Å². The molecule has 2 aliphatic rings. The van der Waals surface area contributed by atoms with Gasteiger partial charge in [-0.2, -0.15) is 0 Å². The van der Waals surface area contributed by atoms with Gasteiger partial charge in [0.05, 0.1) is 45.0 Å². The van der Waals surface area contributed by atoms with E-state index in [1.54, 1.807) is 7.11 Å². The summed E-state index contributed by atoms with van der Waals surface area (Å²) in [6.07, 6.45) is 5.10. The van der Waals surface area contributed by atoms with Crippen LogP contribution in [0.1, 0.15) is 32.3 Å². The fourth-order valence-electron chi connectivity index (χ4n) is 5.96. The van der Waals surface area contributed by atoms with Crippen molar-refractivity contribution in [2.45, 2.75) is 51.4 Å². The number of nitrogens with one attached hydrogen (secondary N) is 2. The van der Waals surface area contributed by atoms with Gasteiger partial charge in [0.25, 0.3) is 0 Å². The highest BCUT2D eigenvalue weighted by Gasteiger charge is 2.30. The highest BCUT2D eigenvalue weighted by atomic mass is 19.1. The summed E-state index contributed by atoms with van der Waals surface area (Å²) in [5, 5.41) is 6.80. The van der Waals surface area contributed by atoms with Crippen molar-refractivity contribution in [3.8, 4) is 23.0 Å². The van der Waals surface area contributed by atoms with Gasteiger partial charge in [0.15, 0.2) is 28.9 Å². The Kier molecular flexibility index (Phi) is 9.66. The Labute approximate surface area is 251 Å². The Hall–Kier alpha value is -3.90. The van der Waals surface area contributed by atoms with E-state index in [4.69, 9.17) is 18.9 Å². The predicted molar refractivity (Wildman–Crippen MR) is 161 cm³/mol. The summed E-state index contributed by atoms with van der Waals surface area (Å²) in [5.41, 5.74) is 1.51. The van der Waals surface area contributed by atoms with Crippen molar-refractivity contribution in [1.29, 1.82) is 0 Å². The molecular formula is C31H40F2N6O4.